The zero-order chi connectivity index (χ0) is 58.5. The van der Waals surface area contributed by atoms with Crippen LogP contribution in [-0.2, 0) is 19.1 Å². The Bertz CT molecular complexity index is 1900. The SMILES string of the molecule is CCCCCCCCCCCC(=O)OC1(OC(=O)CCCCCCCCCCCC2CC[C@@]3(C)C(CCC4C3CC[C@@]3(C)C4CC[C@@H]3[C@H](C)CCCC(C)C)C2)CC[C@]2(C)C3CC[C@@]4(C)C(CC[C@@H]4[C@H](C)CCCC(C)C)C3CC[C@H]2C1. The van der Waals surface area contributed by atoms with Crippen molar-refractivity contribution in [3.05, 3.63) is 0 Å². The molecule has 82 heavy (non-hydrogen) atoms. The Balaban J connectivity index is 0.727. The smallest absolute Gasteiger partial charge is 0.309 e. The van der Waals surface area contributed by atoms with E-state index in [1.165, 1.54) is 225 Å². The van der Waals surface area contributed by atoms with Crippen molar-refractivity contribution in [1.29, 1.82) is 0 Å². The van der Waals surface area contributed by atoms with Crippen molar-refractivity contribution in [2.75, 3.05) is 0 Å². The number of hydrogen-bond donors (Lipinski definition) is 0. The van der Waals surface area contributed by atoms with E-state index < -0.39 is 5.79 Å². The van der Waals surface area contributed by atoms with Crippen molar-refractivity contribution >= 4 is 11.9 Å². The lowest BCUT2D eigenvalue weighted by Gasteiger charge is -2.62. The number of hydrogen-bond acceptors (Lipinski definition) is 4. The average molecular weight is 1140 g/mol. The lowest BCUT2D eigenvalue weighted by molar-refractivity contribution is -0.263. The van der Waals surface area contributed by atoms with Crippen LogP contribution in [0.1, 0.15) is 365 Å². The third-order valence-electron chi connectivity index (χ3n) is 27.9. The summed E-state index contributed by atoms with van der Waals surface area (Å²) < 4.78 is 13.1. The quantitative estimate of drug-likeness (QED) is 0.0366. The van der Waals surface area contributed by atoms with Crippen LogP contribution in [0.3, 0.4) is 0 Å². The number of unbranched alkanes of at least 4 members (excludes halogenated alkanes) is 16. The lowest BCUT2D eigenvalue weighted by atomic mass is 9.44. The van der Waals surface area contributed by atoms with E-state index in [0.29, 0.717) is 47.8 Å². The van der Waals surface area contributed by atoms with Crippen LogP contribution in [0.15, 0.2) is 0 Å². The van der Waals surface area contributed by atoms with Crippen molar-refractivity contribution in [2.24, 2.45) is 110 Å². The normalized spacial score (nSPS) is 38.5. The first kappa shape index (κ1) is 66.9. The third kappa shape index (κ3) is 16.2. The van der Waals surface area contributed by atoms with Gasteiger partial charge in [0.1, 0.15) is 0 Å². The molecule has 4 nitrogen and oxygen atoms in total. The van der Waals surface area contributed by atoms with Crippen molar-refractivity contribution in [1.82, 2.24) is 0 Å². The lowest BCUT2D eigenvalue weighted by Crippen LogP contribution is -2.57. The van der Waals surface area contributed by atoms with E-state index in [-0.39, 0.29) is 17.4 Å². The molecule has 0 aromatic heterocycles. The topological polar surface area (TPSA) is 52.6 Å². The molecule has 8 fully saturated rings. The van der Waals surface area contributed by atoms with Gasteiger partial charge < -0.3 is 9.47 Å². The predicted molar refractivity (Wildman–Crippen MR) is 347 cm³/mol. The Morgan fingerprint density at radius 3 is 1.29 bits per heavy atom. The number of fused-ring (bicyclic) bond motifs is 10. The van der Waals surface area contributed by atoms with Crippen LogP contribution in [-0.4, -0.2) is 17.7 Å². The first-order chi connectivity index (χ1) is 39.4. The second-order valence-corrected chi connectivity index (χ2v) is 33.9. The van der Waals surface area contributed by atoms with Crippen LogP contribution in [0.5, 0.6) is 0 Å². The molecule has 0 aliphatic heterocycles. The van der Waals surface area contributed by atoms with E-state index in [0.717, 1.165) is 115 Å². The van der Waals surface area contributed by atoms with Gasteiger partial charge in [-0.25, -0.2) is 0 Å². The molecular formula is C78H138O4. The molecule has 474 valence electrons. The highest BCUT2D eigenvalue weighted by molar-refractivity contribution is 5.72. The molecule has 0 heterocycles. The van der Waals surface area contributed by atoms with Gasteiger partial charge >= 0.3 is 11.9 Å². The van der Waals surface area contributed by atoms with E-state index in [2.05, 4.69) is 76.2 Å². The molecule has 0 bridgehead atoms. The standard InChI is InChI=1S/C78H138O4/c1-12-13-14-15-16-18-22-25-28-37-72(79)81-78(54-53-75(9)63(56-78)40-42-65-69-46-44-67(60(7)35-31-33-58(4)5)77(69,11)52-49-71(65)75)82-73(80)38-29-26-23-20-17-19-21-24-27-36-61-47-50-74(8)62(55-61)39-41-64-68-45-43-66(59(6)34-30-32-57(2)3)76(68,10)51-48-70(64)74/h57-71H,12-56H2,1-11H3/t59-,60-,61?,62?,63+,64?,65?,66-,67-,68?,69?,70?,71?,74+,75+,76-,77-,78?/m1/s1. The molecule has 9 unspecified atom stereocenters. The van der Waals surface area contributed by atoms with Crippen LogP contribution in [0, 0.1) is 110 Å². The number of carbonyl (C=O) groups is 2. The zero-order valence-corrected chi connectivity index (χ0v) is 56.6. The summed E-state index contributed by atoms with van der Waals surface area (Å²) in [4.78, 5) is 27.7. The van der Waals surface area contributed by atoms with Gasteiger partial charge in [-0.05, 0) is 226 Å². The number of ether oxygens (including phenoxy) is 2. The van der Waals surface area contributed by atoms with Crippen LogP contribution in [0.25, 0.3) is 0 Å². The van der Waals surface area contributed by atoms with Gasteiger partial charge in [0.25, 0.3) is 5.79 Å². The maximum Gasteiger partial charge on any atom is 0.309 e. The van der Waals surface area contributed by atoms with Gasteiger partial charge in [0.15, 0.2) is 0 Å². The molecule has 8 saturated carbocycles. The Hall–Kier alpha value is -1.06. The molecule has 4 heteroatoms. The second-order valence-electron chi connectivity index (χ2n) is 33.9. The molecule has 8 rings (SSSR count). The summed E-state index contributed by atoms with van der Waals surface area (Å²) in [5.74, 6) is 11.8. The molecule has 0 amide bonds. The van der Waals surface area contributed by atoms with Crippen LogP contribution >= 0.6 is 0 Å². The van der Waals surface area contributed by atoms with Crippen LogP contribution in [0.2, 0.25) is 0 Å². The third-order valence-corrected chi connectivity index (χ3v) is 27.9. The largest absolute Gasteiger partial charge is 0.422 e. The highest BCUT2D eigenvalue weighted by Gasteiger charge is 2.64. The highest BCUT2D eigenvalue weighted by Crippen LogP contribution is 2.71. The minimum Gasteiger partial charge on any atom is -0.422 e. The fraction of sp³-hybridized carbons (Fsp3) is 0.974. The summed E-state index contributed by atoms with van der Waals surface area (Å²) in [6, 6.07) is 0. The van der Waals surface area contributed by atoms with E-state index in [9.17, 15) is 9.59 Å². The number of carbonyl (C=O) groups excluding carboxylic acids is 2. The Kier molecular flexibility index (Phi) is 25.2. The van der Waals surface area contributed by atoms with Crippen LogP contribution < -0.4 is 0 Å². The van der Waals surface area contributed by atoms with Crippen molar-refractivity contribution in [3.63, 3.8) is 0 Å². The van der Waals surface area contributed by atoms with Gasteiger partial charge in [0, 0.05) is 25.7 Å². The Labute approximate surface area is 509 Å². The highest BCUT2D eigenvalue weighted by atomic mass is 16.7. The summed E-state index contributed by atoms with van der Waals surface area (Å²) in [5, 5.41) is 0. The Morgan fingerprint density at radius 1 is 0.402 bits per heavy atom. The Morgan fingerprint density at radius 2 is 0.817 bits per heavy atom. The maximum absolute atomic E-state index is 13.9. The van der Waals surface area contributed by atoms with Crippen molar-refractivity contribution in [3.8, 4) is 0 Å². The zero-order valence-electron chi connectivity index (χ0n) is 56.6. The molecule has 0 N–H and O–H groups in total. The second kappa shape index (κ2) is 30.9. The summed E-state index contributed by atoms with van der Waals surface area (Å²) >= 11 is 0. The van der Waals surface area contributed by atoms with Crippen molar-refractivity contribution in [2.45, 2.75) is 371 Å². The molecule has 0 saturated heterocycles. The maximum atomic E-state index is 13.9. The van der Waals surface area contributed by atoms with Gasteiger partial charge in [-0.3, -0.25) is 9.59 Å². The average Bonchev–Trinajstić information content (AvgIpc) is 1.71. The molecule has 0 radical (unpaired) electrons. The van der Waals surface area contributed by atoms with Gasteiger partial charge in [0.2, 0.25) is 0 Å². The van der Waals surface area contributed by atoms with Crippen molar-refractivity contribution < 1.29 is 19.1 Å². The van der Waals surface area contributed by atoms with Gasteiger partial charge in [-0.1, -0.05) is 224 Å². The van der Waals surface area contributed by atoms with Gasteiger partial charge in [-0.2, -0.15) is 0 Å². The van der Waals surface area contributed by atoms with Gasteiger partial charge in [0.05, 0.1) is 0 Å². The van der Waals surface area contributed by atoms with E-state index in [4.69, 9.17) is 9.47 Å². The molecule has 0 aromatic carbocycles. The first-order valence-corrected chi connectivity index (χ1v) is 37.8. The molecule has 0 spiro atoms. The summed E-state index contributed by atoms with van der Waals surface area (Å²) in [6.45, 7) is 28.0. The van der Waals surface area contributed by atoms with Gasteiger partial charge in [-0.15, -0.1) is 0 Å². The fourth-order valence-corrected chi connectivity index (χ4v) is 23.1. The summed E-state index contributed by atoms with van der Waals surface area (Å²) in [6.07, 6.45) is 57.5. The molecule has 18 atom stereocenters. The number of esters is 2. The fourth-order valence-electron chi connectivity index (χ4n) is 23.1. The van der Waals surface area contributed by atoms with E-state index in [1.807, 2.05) is 0 Å². The minimum atomic E-state index is -1.09. The molecular weight excluding hydrogens is 1000 g/mol. The van der Waals surface area contributed by atoms with E-state index >= 15 is 0 Å². The summed E-state index contributed by atoms with van der Waals surface area (Å²) in [5.41, 5.74) is 1.95. The first-order valence-electron chi connectivity index (χ1n) is 37.8. The monoisotopic (exact) mass is 1140 g/mol. The predicted octanol–water partition coefficient (Wildman–Crippen LogP) is 23.8. The molecule has 8 aliphatic carbocycles. The van der Waals surface area contributed by atoms with Crippen LogP contribution in [0.4, 0.5) is 0 Å². The summed E-state index contributed by atoms with van der Waals surface area (Å²) in [7, 11) is 0. The molecule has 0 aromatic rings. The molecule has 8 aliphatic rings. The minimum absolute atomic E-state index is 0.132. The number of rotatable bonds is 34. The van der Waals surface area contributed by atoms with E-state index in [1.54, 1.807) is 6.42 Å².